The summed E-state index contributed by atoms with van der Waals surface area (Å²) in [7, 11) is 0. The molecule has 0 aromatic rings. The highest BCUT2D eigenvalue weighted by molar-refractivity contribution is 8.13. The Bertz CT molecular complexity index is 206. The molecule has 0 atom stereocenters. The van der Waals surface area contributed by atoms with Gasteiger partial charge in [-0.25, -0.2) is 0 Å². The molecule has 0 saturated heterocycles. The third-order valence-electron chi connectivity index (χ3n) is 1.57. The minimum atomic E-state index is 0.0244. The number of amides is 1. The van der Waals surface area contributed by atoms with Crippen molar-refractivity contribution in [3.05, 3.63) is 0 Å². The van der Waals surface area contributed by atoms with Gasteiger partial charge in [-0.2, -0.15) is 0 Å². The number of hydrogen-bond acceptors (Lipinski definition) is 4. The van der Waals surface area contributed by atoms with Gasteiger partial charge in [-0.3, -0.25) is 9.79 Å². The fraction of sp³-hybridized carbons (Fsp3) is 0.750. The molecule has 13 heavy (non-hydrogen) atoms. The van der Waals surface area contributed by atoms with E-state index in [0.717, 1.165) is 23.9 Å². The molecule has 0 unspecified atom stereocenters. The number of nitrogens with one attached hydrogen (secondary N) is 2. The van der Waals surface area contributed by atoms with Gasteiger partial charge in [0.15, 0.2) is 5.17 Å². The van der Waals surface area contributed by atoms with Gasteiger partial charge in [0, 0.05) is 18.8 Å². The van der Waals surface area contributed by atoms with E-state index < -0.39 is 0 Å². The first kappa shape index (κ1) is 10.4. The maximum atomic E-state index is 11.0. The number of carbonyl (C=O) groups is 1. The molecule has 5 heteroatoms. The molecule has 0 spiro atoms. The summed E-state index contributed by atoms with van der Waals surface area (Å²) in [6.45, 7) is 3.80. The average molecular weight is 201 g/mol. The van der Waals surface area contributed by atoms with E-state index >= 15 is 0 Å². The number of nitrogens with zero attached hydrogens (tertiary/aromatic N) is 1. The summed E-state index contributed by atoms with van der Waals surface area (Å²) >= 11 is 1.68. The molecule has 0 aromatic carbocycles. The van der Waals surface area contributed by atoms with Crippen molar-refractivity contribution >= 4 is 22.8 Å². The van der Waals surface area contributed by atoms with Crippen LogP contribution in [0.4, 0.5) is 0 Å². The lowest BCUT2D eigenvalue weighted by molar-refractivity contribution is -0.119. The Labute approximate surface area is 82.6 Å². The van der Waals surface area contributed by atoms with Gasteiger partial charge >= 0.3 is 0 Å². The molecule has 0 fully saturated rings. The van der Waals surface area contributed by atoms with Crippen LogP contribution in [0.5, 0.6) is 0 Å². The van der Waals surface area contributed by atoms with E-state index in [1.54, 1.807) is 11.8 Å². The minimum absolute atomic E-state index is 0.0244. The monoisotopic (exact) mass is 201 g/mol. The molecular formula is C8H15N3OS. The van der Waals surface area contributed by atoms with Gasteiger partial charge in [0.2, 0.25) is 5.91 Å². The smallest absolute Gasteiger partial charge is 0.239 e. The highest BCUT2D eigenvalue weighted by atomic mass is 32.2. The molecule has 0 saturated carbocycles. The zero-order chi connectivity index (χ0) is 9.52. The third-order valence-corrected chi connectivity index (χ3v) is 2.61. The minimum Gasteiger partial charge on any atom is -0.356 e. The van der Waals surface area contributed by atoms with Gasteiger partial charge in [-0.1, -0.05) is 11.8 Å². The van der Waals surface area contributed by atoms with E-state index in [-0.39, 0.29) is 5.91 Å². The van der Waals surface area contributed by atoms with Crippen LogP contribution in [0.3, 0.4) is 0 Å². The first-order valence-electron chi connectivity index (χ1n) is 4.50. The predicted molar refractivity (Wildman–Crippen MR) is 56.1 cm³/mol. The Kier molecular flexibility index (Phi) is 4.67. The highest BCUT2D eigenvalue weighted by Crippen LogP contribution is 2.09. The SMILES string of the molecule is CCNC(=O)CNC1=NCCCS1. The summed E-state index contributed by atoms with van der Waals surface area (Å²) in [5.41, 5.74) is 0. The molecule has 0 aromatic heterocycles. The second-order valence-corrected chi connectivity index (χ2v) is 3.78. The van der Waals surface area contributed by atoms with Crippen molar-refractivity contribution in [2.24, 2.45) is 4.99 Å². The number of aliphatic imine (C=N–C) groups is 1. The number of rotatable bonds is 3. The highest BCUT2D eigenvalue weighted by Gasteiger charge is 2.06. The molecule has 0 bridgehead atoms. The normalized spacial score (nSPS) is 16.2. The van der Waals surface area contributed by atoms with Crippen LogP contribution in [0.15, 0.2) is 4.99 Å². The van der Waals surface area contributed by atoms with Crippen LogP contribution < -0.4 is 10.6 Å². The van der Waals surface area contributed by atoms with Gasteiger partial charge < -0.3 is 10.6 Å². The van der Waals surface area contributed by atoms with E-state index in [4.69, 9.17) is 0 Å². The van der Waals surface area contributed by atoms with Gasteiger partial charge in [-0.05, 0) is 13.3 Å². The number of hydrogen-bond donors (Lipinski definition) is 2. The summed E-state index contributed by atoms with van der Waals surface area (Å²) in [4.78, 5) is 15.3. The Morgan fingerprint density at radius 1 is 1.69 bits per heavy atom. The summed E-state index contributed by atoms with van der Waals surface area (Å²) in [5.74, 6) is 1.12. The van der Waals surface area contributed by atoms with Crippen LogP contribution >= 0.6 is 11.8 Å². The molecule has 1 aliphatic rings. The summed E-state index contributed by atoms with van der Waals surface area (Å²) in [6, 6.07) is 0. The van der Waals surface area contributed by atoms with Crippen LogP contribution in [0.2, 0.25) is 0 Å². The summed E-state index contributed by atoms with van der Waals surface area (Å²) in [6.07, 6.45) is 1.14. The van der Waals surface area contributed by atoms with Gasteiger partial charge in [-0.15, -0.1) is 0 Å². The second-order valence-electron chi connectivity index (χ2n) is 2.70. The first-order valence-corrected chi connectivity index (χ1v) is 5.49. The van der Waals surface area contributed by atoms with Crippen LogP contribution in [-0.2, 0) is 4.79 Å². The van der Waals surface area contributed by atoms with Crippen molar-refractivity contribution in [1.29, 1.82) is 0 Å². The van der Waals surface area contributed by atoms with Gasteiger partial charge in [0.05, 0.1) is 6.54 Å². The number of thioether (sulfide) groups is 1. The van der Waals surface area contributed by atoms with Crippen molar-refractivity contribution in [2.75, 3.05) is 25.4 Å². The largest absolute Gasteiger partial charge is 0.356 e. The van der Waals surface area contributed by atoms with Gasteiger partial charge in [0.1, 0.15) is 0 Å². The van der Waals surface area contributed by atoms with E-state index in [1.165, 1.54) is 0 Å². The quantitative estimate of drug-likeness (QED) is 0.686. The van der Waals surface area contributed by atoms with Crippen molar-refractivity contribution in [2.45, 2.75) is 13.3 Å². The summed E-state index contributed by atoms with van der Waals surface area (Å²) in [5, 5.41) is 6.63. The Morgan fingerprint density at radius 3 is 3.15 bits per heavy atom. The molecule has 0 aliphatic carbocycles. The van der Waals surface area contributed by atoms with Crippen molar-refractivity contribution in [3.63, 3.8) is 0 Å². The number of carbonyl (C=O) groups excluding carboxylic acids is 1. The average Bonchev–Trinajstić information content (AvgIpc) is 2.17. The molecule has 4 nitrogen and oxygen atoms in total. The van der Waals surface area contributed by atoms with Crippen LogP contribution in [0, 0.1) is 0 Å². The molecule has 1 aliphatic heterocycles. The lowest BCUT2D eigenvalue weighted by atomic mass is 10.5. The second kappa shape index (κ2) is 5.85. The maximum absolute atomic E-state index is 11.0. The lowest BCUT2D eigenvalue weighted by Crippen LogP contribution is -2.36. The standard InChI is InChI=1S/C8H15N3OS/c1-2-9-7(12)6-11-8-10-4-3-5-13-8/h2-6H2,1H3,(H,9,12)(H,10,11). The predicted octanol–water partition coefficient (Wildman–Crippen LogP) is 0.205. The zero-order valence-electron chi connectivity index (χ0n) is 7.80. The zero-order valence-corrected chi connectivity index (χ0v) is 8.62. The Hall–Kier alpha value is -0.710. The van der Waals surface area contributed by atoms with E-state index in [0.29, 0.717) is 13.1 Å². The summed E-state index contributed by atoms with van der Waals surface area (Å²) < 4.78 is 0. The number of likely N-dealkylation sites (N-methyl/N-ethyl adjacent to an activating group) is 1. The van der Waals surface area contributed by atoms with Crippen LogP contribution in [0.1, 0.15) is 13.3 Å². The fourth-order valence-corrected chi connectivity index (χ4v) is 1.81. The molecule has 0 radical (unpaired) electrons. The van der Waals surface area contributed by atoms with E-state index in [9.17, 15) is 4.79 Å². The van der Waals surface area contributed by atoms with E-state index in [2.05, 4.69) is 15.6 Å². The molecule has 1 heterocycles. The maximum Gasteiger partial charge on any atom is 0.239 e. The van der Waals surface area contributed by atoms with Crippen molar-refractivity contribution in [1.82, 2.24) is 10.6 Å². The van der Waals surface area contributed by atoms with Crippen molar-refractivity contribution < 1.29 is 4.79 Å². The molecular weight excluding hydrogens is 186 g/mol. The Balaban J connectivity index is 2.17. The molecule has 1 amide bonds. The van der Waals surface area contributed by atoms with Crippen molar-refractivity contribution in [3.8, 4) is 0 Å². The van der Waals surface area contributed by atoms with Crippen LogP contribution in [0.25, 0.3) is 0 Å². The molecule has 2 N–H and O–H groups in total. The van der Waals surface area contributed by atoms with E-state index in [1.807, 2.05) is 6.92 Å². The topological polar surface area (TPSA) is 53.5 Å². The lowest BCUT2D eigenvalue weighted by Gasteiger charge is -2.12. The first-order chi connectivity index (χ1) is 6.33. The number of amidine groups is 1. The molecule has 74 valence electrons. The third kappa shape index (κ3) is 4.17. The van der Waals surface area contributed by atoms with Gasteiger partial charge in [0.25, 0.3) is 0 Å². The molecule has 1 rings (SSSR count). The van der Waals surface area contributed by atoms with Crippen LogP contribution in [-0.4, -0.2) is 36.5 Å². The fourth-order valence-electron chi connectivity index (χ4n) is 0.982. The Morgan fingerprint density at radius 2 is 2.54 bits per heavy atom.